The van der Waals surface area contributed by atoms with Gasteiger partial charge in [0.1, 0.15) is 6.61 Å². The molecule has 8 nitrogen and oxygen atoms in total. The fourth-order valence-electron chi connectivity index (χ4n) is 10.8. The van der Waals surface area contributed by atoms with E-state index >= 15 is 0 Å². The lowest BCUT2D eigenvalue weighted by Crippen LogP contribution is -2.38. The van der Waals surface area contributed by atoms with E-state index in [-0.39, 0.29) is 17.9 Å². The van der Waals surface area contributed by atoms with Crippen molar-refractivity contribution in [3.63, 3.8) is 0 Å². The highest BCUT2D eigenvalue weighted by Crippen LogP contribution is 2.26. The van der Waals surface area contributed by atoms with Gasteiger partial charge in [-0.25, -0.2) is 0 Å². The van der Waals surface area contributed by atoms with Crippen LogP contribution in [-0.4, -0.2) is 98.8 Å². The Morgan fingerprint density at radius 1 is 0.329 bits per heavy atom. The van der Waals surface area contributed by atoms with E-state index in [0.29, 0.717) is 57.0 Å². The molecule has 0 aromatic rings. The number of rotatable bonds is 62. The minimum Gasteiger partial charge on any atom is -0.466 e. The van der Waals surface area contributed by atoms with Crippen LogP contribution in [0, 0.1) is 11.8 Å². The number of esters is 3. The summed E-state index contributed by atoms with van der Waals surface area (Å²) >= 11 is 0. The van der Waals surface area contributed by atoms with Gasteiger partial charge in [-0.2, -0.15) is 0 Å². The van der Waals surface area contributed by atoms with Gasteiger partial charge in [-0.05, 0) is 96.8 Å². The molecule has 0 aromatic heterocycles. The molecule has 452 valence electrons. The van der Waals surface area contributed by atoms with Crippen molar-refractivity contribution in [3.8, 4) is 0 Å². The molecule has 0 saturated heterocycles. The summed E-state index contributed by atoms with van der Waals surface area (Å²) in [5, 5.41) is 0. The van der Waals surface area contributed by atoms with E-state index in [2.05, 4.69) is 58.5 Å². The van der Waals surface area contributed by atoms with Crippen LogP contribution in [-0.2, 0) is 28.6 Å². The van der Waals surface area contributed by atoms with Crippen LogP contribution in [0.5, 0.6) is 0 Å². The van der Waals surface area contributed by atoms with E-state index in [0.717, 1.165) is 76.8 Å². The molecule has 0 unspecified atom stereocenters. The largest absolute Gasteiger partial charge is 0.466 e. The molecular formula is C66H130N2O6S2. The van der Waals surface area contributed by atoms with Crippen molar-refractivity contribution in [3.05, 3.63) is 0 Å². The number of ether oxygens (including phenoxy) is 3. The van der Waals surface area contributed by atoms with Crippen molar-refractivity contribution in [2.75, 3.05) is 65.1 Å². The fourth-order valence-corrected chi connectivity index (χ4v) is 12.7. The van der Waals surface area contributed by atoms with Gasteiger partial charge in [0, 0.05) is 36.9 Å². The lowest BCUT2D eigenvalue weighted by atomic mass is 9.92. The second-order valence-corrected chi connectivity index (χ2v) is 26.0. The van der Waals surface area contributed by atoms with Crippen molar-refractivity contribution < 1.29 is 28.6 Å². The molecule has 0 saturated carbocycles. The molecule has 0 atom stereocenters. The summed E-state index contributed by atoms with van der Waals surface area (Å²) in [6, 6.07) is 0.468. The van der Waals surface area contributed by atoms with Crippen molar-refractivity contribution in [2.24, 2.45) is 11.8 Å². The first-order valence-electron chi connectivity index (χ1n) is 33.3. The highest BCUT2D eigenvalue weighted by Gasteiger charge is 2.20. The van der Waals surface area contributed by atoms with E-state index in [1.54, 1.807) is 0 Å². The highest BCUT2D eigenvalue weighted by atomic mass is 33.1. The Kier molecular flexibility index (Phi) is 59.4. The molecule has 0 heterocycles. The molecule has 0 bridgehead atoms. The Morgan fingerprint density at radius 3 is 1.11 bits per heavy atom. The summed E-state index contributed by atoms with van der Waals surface area (Å²) in [5.41, 5.74) is 0. The van der Waals surface area contributed by atoms with Crippen LogP contribution in [0.25, 0.3) is 0 Å². The molecule has 0 aliphatic heterocycles. The molecule has 10 heteroatoms. The quantitative estimate of drug-likeness (QED) is 0.0254. The Hall–Kier alpha value is -0.970. The van der Waals surface area contributed by atoms with Gasteiger partial charge >= 0.3 is 17.9 Å². The summed E-state index contributed by atoms with van der Waals surface area (Å²) < 4.78 is 17.3. The van der Waals surface area contributed by atoms with E-state index in [4.69, 9.17) is 14.2 Å². The Balaban J connectivity index is 5.12. The minimum absolute atomic E-state index is 0.00512. The van der Waals surface area contributed by atoms with Gasteiger partial charge < -0.3 is 19.1 Å². The topological polar surface area (TPSA) is 85.4 Å². The minimum atomic E-state index is -0.0574. The molecule has 0 aromatic carbocycles. The van der Waals surface area contributed by atoms with Gasteiger partial charge in [0.05, 0.1) is 19.6 Å². The van der Waals surface area contributed by atoms with Crippen molar-refractivity contribution in [1.29, 1.82) is 0 Å². The van der Waals surface area contributed by atoms with Gasteiger partial charge in [0.15, 0.2) is 0 Å². The van der Waals surface area contributed by atoms with Crippen LogP contribution in [0.1, 0.15) is 324 Å². The molecule has 0 radical (unpaired) electrons. The third-order valence-electron chi connectivity index (χ3n) is 15.8. The summed E-state index contributed by atoms with van der Waals surface area (Å²) in [6.07, 6.45) is 53.1. The van der Waals surface area contributed by atoms with Gasteiger partial charge in [-0.1, -0.05) is 268 Å². The number of carbonyl (C=O) groups is 3. The van der Waals surface area contributed by atoms with Gasteiger partial charge in [0.2, 0.25) is 0 Å². The first-order chi connectivity index (χ1) is 37.2. The molecule has 0 N–H and O–H groups in total. The van der Waals surface area contributed by atoms with Gasteiger partial charge in [0.25, 0.3) is 0 Å². The zero-order valence-electron chi connectivity index (χ0n) is 51.9. The standard InChI is InChI=1S/C66H130N2O6S2/c1-8-13-18-31-42-61(43-32-19-14-9-2)51-56-72-64(69)48-37-29-25-23-27-35-46-63(68(54-40-39-53-67(6)7)55-50-66(71)74-58-60-76-75-59-41-22-17-12-5)47-36-28-24-26-30-38-49-65(70)73-57-52-62(44-33-20-15-10-3)45-34-21-16-11-4/h61-63H,8-60H2,1-7H3. The third-order valence-corrected chi connectivity index (χ3v) is 18.2. The lowest BCUT2D eigenvalue weighted by Gasteiger charge is -2.32. The molecule has 0 spiro atoms. The van der Waals surface area contributed by atoms with Gasteiger partial charge in [-0.15, -0.1) is 0 Å². The zero-order valence-corrected chi connectivity index (χ0v) is 53.5. The lowest BCUT2D eigenvalue weighted by molar-refractivity contribution is -0.145. The highest BCUT2D eigenvalue weighted by molar-refractivity contribution is 8.76. The zero-order chi connectivity index (χ0) is 55.6. The monoisotopic (exact) mass is 1110 g/mol. The fraction of sp³-hybridized carbons (Fsp3) is 0.955. The van der Waals surface area contributed by atoms with Crippen LogP contribution in [0.15, 0.2) is 0 Å². The maximum absolute atomic E-state index is 13.1. The maximum Gasteiger partial charge on any atom is 0.307 e. The first kappa shape index (κ1) is 75.0. The smallest absolute Gasteiger partial charge is 0.307 e. The van der Waals surface area contributed by atoms with E-state index in [1.165, 1.54) is 224 Å². The summed E-state index contributed by atoms with van der Waals surface area (Å²) in [7, 11) is 8.06. The van der Waals surface area contributed by atoms with Crippen molar-refractivity contribution in [2.45, 2.75) is 330 Å². The van der Waals surface area contributed by atoms with Crippen LogP contribution in [0.3, 0.4) is 0 Å². The second-order valence-electron chi connectivity index (χ2n) is 23.3. The van der Waals surface area contributed by atoms with E-state index < -0.39 is 0 Å². The molecule has 76 heavy (non-hydrogen) atoms. The predicted octanol–water partition coefficient (Wildman–Crippen LogP) is 20.1. The summed E-state index contributed by atoms with van der Waals surface area (Å²) in [5.74, 6) is 3.36. The Morgan fingerprint density at radius 2 is 0.671 bits per heavy atom. The van der Waals surface area contributed by atoms with Crippen LogP contribution in [0.4, 0.5) is 0 Å². The van der Waals surface area contributed by atoms with Crippen LogP contribution >= 0.6 is 21.6 Å². The Labute approximate surface area is 481 Å². The first-order valence-corrected chi connectivity index (χ1v) is 35.8. The van der Waals surface area contributed by atoms with E-state index in [1.807, 2.05) is 21.6 Å². The average molecular weight is 1110 g/mol. The summed E-state index contributed by atoms with van der Waals surface area (Å²) in [6.45, 7) is 15.9. The number of hydrogen-bond donors (Lipinski definition) is 0. The molecule has 0 aliphatic rings. The normalized spacial score (nSPS) is 11.8. The van der Waals surface area contributed by atoms with E-state index in [9.17, 15) is 14.4 Å². The van der Waals surface area contributed by atoms with Gasteiger partial charge in [-0.3, -0.25) is 19.3 Å². The number of unbranched alkanes of at least 4 members (excludes halogenated alkanes) is 26. The maximum atomic E-state index is 13.1. The average Bonchev–Trinajstić information content (AvgIpc) is 3.40. The molecular weight excluding hydrogens is 981 g/mol. The van der Waals surface area contributed by atoms with Crippen molar-refractivity contribution >= 4 is 39.5 Å². The SMILES string of the molecule is CCCCCCSSCCOC(=O)CCN(CCCCN(C)C)C(CCCCCCCCC(=O)OCCC(CCCCCC)CCCCCC)CCCCCCCCC(=O)OCCC(CCCCCC)CCCCCC. The van der Waals surface area contributed by atoms with Crippen LogP contribution in [0.2, 0.25) is 0 Å². The van der Waals surface area contributed by atoms with Crippen molar-refractivity contribution in [1.82, 2.24) is 9.80 Å². The van der Waals surface area contributed by atoms with Crippen LogP contribution < -0.4 is 0 Å². The predicted molar refractivity (Wildman–Crippen MR) is 335 cm³/mol. The molecule has 0 rings (SSSR count). The number of carbonyl (C=O) groups excluding carboxylic acids is 3. The second kappa shape index (κ2) is 60.1. The Bertz CT molecular complexity index is 1140. The molecule has 0 aliphatic carbocycles. The molecule has 0 fully saturated rings. The third kappa shape index (κ3) is 53.7. The molecule has 0 amide bonds. The number of hydrogen-bond acceptors (Lipinski definition) is 10. The number of nitrogens with zero attached hydrogens (tertiary/aromatic N) is 2. The summed E-state index contributed by atoms with van der Waals surface area (Å²) in [4.78, 5) is 43.4.